The number of carbonyl (C=O) groups is 1. The molecule has 0 saturated carbocycles. The fourth-order valence-corrected chi connectivity index (χ4v) is 2.49. The number of anilines is 1. The highest BCUT2D eigenvalue weighted by Crippen LogP contribution is 2.24. The lowest BCUT2D eigenvalue weighted by Crippen LogP contribution is -2.34. The van der Waals surface area contributed by atoms with Crippen molar-refractivity contribution in [2.45, 2.75) is 45.6 Å². The van der Waals surface area contributed by atoms with Crippen LogP contribution in [0.25, 0.3) is 0 Å². The van der Waals surface area contributed by atoms with E-state index in [2.05, 4.69) is 27.8 Å². The average molecular weight is 446 g/mol. The lowest BCUT2D eigenvalue weighted by Gasteiger charge is -2.19. The van der Waals surface area contributed by atoms with Gasteiger partial charge in [-0.15, -0.1) is 24.0 Å². The molecule has 6 nitrogen and oxygen atoms in total. The molecule has 0 radical (unpaired) electrons. The molecule has 0 fully saturated rings. The molecular weight excluding hydrogens is 419 g/mol. The van der Waals surface area contributed by atoms with Crippen molar-refractivity contribution in [1.29, 1.82) is 0 Å². The first kappa shape index (κ1) is 20.5. The average Bonchev–Trinajstić information content (AvgIpc) is 2.89. The topological polar surface area (TPSA) is 88.7 Å². The van der Waals surface area contributed by atoms with E-state index in [1.165, 1.54) is 17.5 Å². The number of nitrogens with one attached hydrogen (secondary N) is 2. The Bertz CT molecular complexity index is 597. The van der Waals surface area contributed by atoms with E-state index in [9.17, 15) is 4.79 Å². The number of nitrogens with zero attached hydrogens (tertiary/aromatic N) is 1. The Morgan fingerprint density at radius 3 is 2.71 bits per heavy atom. The van der Waals surface area contributed by atoms with Crippen molar-refractivity contribution in [2.24, 2.45) is 10.7 Å². The third-order valence-corrected chi connectivity index (χ3v) is 3.43. The van der Waals surface area contributed by atoms with E-state index in [1.54, 1.807) is 0 Å². The number of amides is 1. The molecule has 1 amide bonds. The molecule has 0 spiro atoms. The molecule has 2 rings (SSSR count). The molecule has 0 unspecified atom stereocenters. The largest absolute Gasteiger partial charge is 0.444 e. The van der Waals surface area contributed by atoms with Crippen LogP contribution in [0.15, 0.2) is 23.2 Å². The van der Waals surface area contributed by atoms with Gasteiger partial charge in [-0.3, -0.25) is 4.99 Å². The number of rotatable bonds is 4. The van der Waals surface area contributed by atoms with Gasteiger partial charge in [0.25, 0.3) is 0 Å². The van der Waals surface area contributed by atoms with E-state index >= 15 is 0 Å². The fraction of sp³-hybridized carbons (Fsp3) is 0.529. The summed E-state index contributed by atoms with van der Waals surface area (Å²) in [5.41, 5.74) is 9.12. The SMILES string of the molecule is CC(C)(C)OC(=O)NCCN=C(N)Nc1ccc2c(c1)CCC2.I. The van der Waals surface area contributed by atoms with Crippen LogP contribution in [0.5, 0.6) is 0 Å². The summed E-state index contributed by atoms with van der Waals surface area (Å²) in [5.74, 6) is 0.342. The van der Waals surface area contributed by atoms with Crippen molar-refractivity contribution in [3.8, 4) is 0 Å². The van der Waals surface area contributed by atoms with Gasteiger partial charge in [-0.05, 0) is 63.3 Å². The van der Waals surface area contributed by atoms with E-state index in [-0.39, 0.29) is 24.0 Å². The third-order valence-electron chi connectivity index (χ3n) is 3.43. The van der Waals surface area contributed by atoms with Gasteiger partial charge in [-0.25, -0.2) is 4.79 Å². The second-order valence-corrected chi connectivity index (χ2v) is 6.66. The highest BCUT2D eigenvalue weighted by molar-refractivity contribution is 14.0. The smallest absolute Gasteiger partial charge is 0.407 e. The molecule has 1 aliphatic rings. The van der Waals surface area contributed by atoms with Crippen LogP contribution in [0.3, 0.4) is 0 Å². The van der Waals surface area contributed by atoms with E-state index in [4.69, 9.17) is 10.5 Å². The fourth-order valence-electron chi connectivity index (χ4n) is 2.49. The highest BCUT2D eigenvalue weighted by Gasteiger charge is 2.15. The minimum atomic E-state index is -0.499. The maximum absolute atomic E-state index is 11.5. The molecule has 1 aromatic rings. The van der Waals surface area contributed by atoms with Crippen molar-refractivity contribution in [1.82, 2.24) is 5.32 Å². The first-order valence-electron chi connectivity index (χ1n) is 7.99. The first-order valence-corrected chi connectivity index (χ1v) is 7.99. The van der Waals surface area contributed by atoms with Crippen LogP contribution in [0, 0.1) is 0 Å². The Morgan fingerprint density at radius 1 is 1.29 bits per heavy atom. The predicted molar refractivity (Wildman–Crippen MR) is 108 cm³/mol. The van der Waals surface area contributed by atoms with Gasteiger partial charge in [0.05, 0.1) is 6.54 Å². The molecule has 0 heterocycles. The minimum Gasteiger partial charge on any atom is -0.444 e. The number of halogens is 1. The van der Waals surface area contributed by atoms with Crippen molar-refractivity contribution >= 4 is 41.7 Å². The number of ether oxygens (including phenoxy) is 1. The molecule has 4 N–H and O–H groups in total. The maximum atomic E-state index is 11.5. The summed E-state index contributed by atoms with van der Waals surface area (Å²) in [6.45, 7) is 6.24. The number of alkyl carbamates (subject to hydrolysis) is 1. The van der Waals surface area contributed by atoms with E-state index in [0.29, 0.717) is 19.0 Å². The number of guanidine groups is 1. The summed E-state index contributed by atoms with van der Waals surface area (Å²) in [6, 6.07) is 6.29. The Hall–Kier alpha value is -1.51. The van der Waals surface area contributed by atoms with Crippen molar-refractivity contribution in [3.05, 3.63) is 29.3 Å². The Labute approximate surface area is 160 Å². The number of hydrogen-bond donors (Lipinski definition) is 3. The zero-order chi connectivity index (χ0) is 16.9. The molecule has 1 aliphatic carbocycles. The van der Waals surface area contributed by atoms with Crippen LogP contribution in [0.2, 0.25) is 0 Å². The number of fused-ring (bicyclic) bond motifs is 1. The summed E-state index contributed by atoms with van der Waals surface area (Å²) in [5, 5.41) is 5.72. The lowest BCUT2D eigenvalue weighted by atomic mass is 10.1. The molecule has 0 aliphatic heterocycles. The number of carbonyl (C=O) groups excluding carboxylic acids is 1. The Kier molecular flexibility index (Phi) is 7.78. The van der Waals surface area contributed by atoms with Gasteiger partial charge in [0.1, 0.15) is 5.60 Å². The summed E-state index contributed by atoms with van der Waals surface area (Å²) in [4.78, 5) is 15.7. The zero-order valence-electron chi connectivity index (χ0n) is 14.5. The van der Waals surface area contributed by atoms with Gasteiger partial charge < -0.3 is 21.1 Å². The van der Waals surface area contributed by atoms with E-state index < -0.39 is 11.7 Å². The molecule has 0 atom stereocenters. The molecule has 7 heteroatoms. The molecule has 0 saturated heterocycles. The van der Waals surface area contributed by atoms with Gasteiger partial charge in [-0.2, -0.15) is 0 Å². The van der Waals surface area contributed by atoms with E-state index in [1.807, 2.05) is 26.8 Å². The number of benzene rings is 1. The van der Waals surface area contributed by atoms with Gasteiger partial charge in [0.15, 0.2) is 5.96 Å². The monoisotopic (exact) mass is 446 g/mol. The first-order chi connectivity index (χ1) is 10.8. The van der Waals surface area contributed by atoms with Gasteiger partial charge in [0.2, 0.25) is 0 Å². The summed E-state index contributed by atoms with van der Waals surface area (Å²) < 4.78 is 5.14. The second-order valence-electron chi connectivity index (χ2n) is 6.66. The highest BCUT2D eigenvalue weighted by atomic mass is 127. The zero-order valence-corrected chi connectivity index (χ0v) is 16.8. The number of aryl methyl sites for hydroxylation is 2. The molecule has 24 heavy (non-hydrogen) atoms. The van der Waals surface area contributed by atoms with Crippen LogP contribution in [-0.2, 0) is 17.6 Å². The van der Waals surface area contributed by atoms with Gasteiger partial charge in [-0.1, -0.05) is 6.07 Å². The molecule has 1 aromatic carbocycles. The van der Waals surface area contributed by atoms with E-state index in [0.717, 1.165) is 18.5 Å². The van der Waals surface area contributed by atoms with Gasteiger partial charge in [0, 0.05) is 12.2 Å². The number of aliphatic imine (C=N–C) groups is 1. The molecule has 0 bridgehead atoms. The molecule has 0 aromatic heterocycles. The van der Waals surface area contributed by atoms with Crippen LogP contribution in [0.4, 0.5) is 10.5 Å². The van der Waals surface area contributed by atoms with Crippen molar-refractivity contribution in [2.75, 3.05) is 18.4 Å². The third kappa shape index (κ3) is 6.94. The number of hydrogen-bond acceptors (Lipinski definition) is 3. The van der Waals surface area contributed by atoms with Crippen LogP contribution < -0.4 is 16.4 Å². The van der Waals surface area contributed by atoms with Crippen molar-refractivity contribution < 1.29 is 9.53 Å². The van der Waals surface area contributed by atoms with Crippen LogP contribution in [0.1, 0.15) is 38.3 Å². The maximum Gasteiger partial charge on any atom is 0.407 e. The predicted octanol–water partition coefficient (Wildman–Crippen LogP) is 3.04. The van der Waals surface area contributed by atoms with Crippen LogP contribution >= 0.6 is 24.0 Å². The molecule has 134 valence electrons. The summed E-state index contributed by atoms with van der Waals surface area (Å²) in [6.07, 6.45) is 3.06. The number of nitrogens with two attached hydrogens (primary N) is 1. The summed E-state index contributed by atoms with van der Waals surface area (Å²) in [7, 11) is 0. The Balaban J connectivity index is 0.00000288. The van der Waals surface area contributed by atoms with Gasteiger partial charge >= 0.3 is 6.09 Å². The normalized spacial score (nSPS) is 13.7. The molecular formula is C17H27IN4O2. The van der Waals surface area contributed by atoms with Crippen LogP contribution in [-0.4, -0.2) is 30.7 Å². The summed E-state index contributed by atoms with van der Waals surface area (Å²) >= 11 is 0. The lowest BCUT2D eigenvalue weighted by molar-refractivity contribution is 0.0529. The quantitative estimate of drug-likeness (QED) is 0.287. The van der Waals surface area contributed by atoms with Crippen molar-refractivity contribution in [3.63, 3.8) is 0 Å². The minimum absolute atomic E-state index is 0. The Morgan fingerprint density at radius 2 is 2.00 bits per heavy atom. The second kappa shape index (κ2) is 9.10. The standard InChI is InChI=1S/C17H26N4O2.HI/c1-17(2,3)23-16(22)20-10-9-19-15(18)21-14-8-7-12-5-4-6-13(12)11-14;/h7-8,11H,4-6,9-10H2,1-3H3,(H,20,22)(H3,18,19,21);1H.